The largest absolute Gasteiger partial charge is 0.344 e. The summed E-state index contributed by atoms with van der Waals surface area (Å²) in [4.78, 5) is 23.7. The number of anilines is 1. The fraction of sp³-hybridized carbons (Fsp3) is 0.125. The Morgan fingerprint density at radius 1 is 1.00 bits per heavy atom. The zero-order valence-corrected chi connectivity index (χ0v) is 13.8. The molecule has 0 saturated heterocycles. The summed E-state index contributed by atoms with van der Waals surface area (Å²) in [6, 6.07) is 12.8. The molecule has 0 unspecified atom stereocenters. The van der Waals surface area contributed by atoms with E-state index in [1.807, 2.05) is 19.1 Å². The van der Waals surface area contributed by atoms with Crippen molar-refractivity contribution >= 4 is 27.5 Å². The second kappa shape index (κ2) is 7.24. The normalized spacial score (nSPS) is 10.9. The molecule has 7 nitrogen and oxygen atoms in total. The lowest BCUT2D eigenvalue weighted by atomic mass is 10.2. The smallest absolute Gasteiger partial charge is 0.313 e. The molecule has 0 saturated carbocycles. The first-order valence-electron chi connectivity index (χ1n) is 7.04. The molecule has 0 aliphatic rings. The van der Waals surface area contributed by atoms with Gasteiger partial charge in [-0.25, -0.2) is 13.6 Å². The van der Waals surface area contributed by atoms with Crippen LogP contribution in [0.15, 0.2) is 53.4 Å². The van der Waals surface area contributed by atoms with Crippen molar-refractivity contribution in [2.24, 2.45) is 5.14 Å². The minimum atomic E-state index is -3.75. The van der Waals surface area contributed by atoms with Crippen LogP contribution < -0.4 is 15.8 Å². The van der Waals surface area contributed by atoms with E-state index in [0.29, 0.717) is 11.3 Å². The number of aryl methyl sites for hydroxylation is 1. The van der Waals surface area contributed by atoms with Crippen molar-refractivity contribution in [3.63, 3.8) is 0 Å². The van der Waals surface area contributed by atoms with Crippen LogP contribution in [-0.4, -0.2) is 20.2 Å². The van der Waals surface area contributed by atoms with Gasteiger partial charge in [0.15, 0.2) is 0 Å². The molecule has 126 valence electrons. The molecule has 0 atom stereocenters. The lowest BCUT2D eigenvalue weighted by molar-refractivity contribution is -0.136. The highest BCUT2D eigenvalue weighted by Gasteiger charge is 2.14. The molecule has 24 heavy (non-hydrogen) atoms. The van der Waals surface area contributed by atoms with Crippen LogP contribution in [-0.2, 0) is 26.2 Å². The van der Waals surface area contributed by atoms with Gasteiger partial charge in [0.2, 0.25) is 10.0 Å². The summed E-state index contributed by atoms with van der Waals surface area (Å²) in [6.07, 6.45) is 0. The van der Waals surface area contributed by atoms with Crippen LogP contribution in [0.1, 0.15) is 11.1 Å². The van der Waals surface area contributed by atoms with E-state index in [1.165, 1.54) is 24.3 Å². The van der Waals surface area contributed by atoms with Gasteiger partial charge in [-0.2, -0.15) is 0 Å². The predicted molar refractivity (Wildman–Crippen MR) is 89.5 cm³/mol. The number of para-hydroxylation sites is 1. The summed E-state index contributed by atoms with van der Waals surface area (Å²) in [6.45, 7) is 1.91. The number of nitrogens with two attached hydrogens (primary N) is 1. The number of benzene rings is 2. The van der Waals surface area contributed by atoms with E-state index >= 15 is 0 Å². The van der Waals surface area contributed by atoms with Gasteiger partial charge in [0.1, 0.15) is 0 Å². The highest BCUT2D eigenvalue weighted by Crippen LogP contribution is 2.13. The van der Waals surface area contributed by atoms with Gasteiger partial charge in [-0.15, -0.1) is 0 Å². The highest BCUT2D eigenvalue weighted by atomic mass is 32.2. The van der Waals surface area contributed by atoms with Gasteiger partial charge in [-0.1, -0.05) is 30.3 Å². The van der Waals surface area contributed by atoms with Crippen molar-refractivity contribution in [2.45, 2.75) is 18.4 Å². The Morgan fingerprint density at radius 3 is 2.21 bits per heavy atom. The third-order valence-corrected chi connectivity index (χ3v) is 4.23. The Morgan fingerprint density at radius 2 is 1.62 bits per heavy atom. The summed E-state index contributed by atoms with van der Waals surface area (Å²) in [5, 5.41) is 10.00. The van der Waals surface area contributed by atoms with Crippen molar-refractivity contribution in [2.75, 3.05) is 5.32 Å². The molecule has 0 aromatic heterocycles. The van der Waals surface area contributed by atoms with Gasteiger partial charge in [0.25, 0.3) is 0 Å². The summed E-state index contributed by atoms with van der Waals surface area (Å²) in [5.41, 5.74) is 2.05. The summed E-state index contributed by atoms with van der Waals surface area (Å²) < 4.78 is 22.3. The van der Waals surface area contributed by atoms with Crippen molar-refractivity contribution in [3.8, 4) is 0 Å². The molecule has 2 rings (SSSR count). The van der Waals surface area contributed by atoms with E-state index in [-0.39, 0.29) is 11.4 Å². The Hall–Kier alpha value is -2.71. The van der Waals surface area contributed by atoms with Gasteiger partial charge in [-0.05, 0) is 36.2 Å². The number of rotatable bonds is 4. The number of primary sulfonamides is 1. The number of hydrogen-bond donors (Lipinski definition) is 3. The third kappa shape index (κ3) is 4.64. The fourth-order valence-corrected chi connectivity index (χ4v) is 2.47. The topological polar surface area (TPSA) is 118 Å². The van der Waals surface area contributed by atoms with Crippen LogP contribution in [0.3, 0.4) is 0 Å². The van der Waals surface area contributed by atoms with Crippen LogP contribution >= 0.6 is 0 Å². The minimum Gasteiger partial charge on any atom is -0.344 e. The molecule has 0 bridgehead atoms. The van der Waals surface area contributed by atoms with Crippen molar-refractivity contribution in [3.05, 3.63) is 59.7 Å². The van der Waals surface area contributed by atoms with Crippen molar-refractivity contribution in [1.82, 2.24) is 5.32 Å². The van der Waals surface area contributed by atoms with E-state index in [2.05, 4.69) is 10.6 Å². The molecule has 0 aliphatic heterocycles. The van der Waals surface area contributed by atoms with Crippen LogP contribution in [0.5, 0.6) is 0 Å². The molecule has 2 aromatic rings. The zero-order chi connectivity index (χ0) is 17.7. The van der Waals surface area contributed by atoms with Gasteiger partial charge in [0.05, 0.1) is 4.90 Å². The molecule has 2 aromatic carbocycles. The van der Waals surface area contributed by atoms with E-state index in [1.54, 1.807) is 12.1 Å². The monoisotopic (exact) mass is 347 g/mol. The van der Waals surface area contributed by atoms with Gasteiger partial charge in [0, 0.05) is 12.2 Å². The number of carbonyl (C=O) groups excluding carboxylic acids is 2. The van der Waals surface area contributed by atoms with E-state index in [0.717, 1.165) is 5.56 Å². The quantitative estimate of drug-likeness (QED) is 0.712. The minimum absolute atomic E-state index is 0.0186. The summed E-state index contributed by atoms with van der Waals surface area (Å²) in [5.74, 6) is -1.56. The van der Waals surface area contributed by atoms with Crippen molar-refractivity contribution < 1.29 is 18.0 Å². The fourth-order valence-electron chi connectivity index (χ4n) is 1.95. The van der Waals surface area contributed by atoms with Crippen LogP contribution in [0.25, 0.3) is 0 Å². The maximum Gasteiger partial charge on any atom is 0.313 e. The molecule has 0 fully saturated rings. The Labute approximate surface area is 139 Å². The molecular formula is C16H17N3O4S. The first kappa shape index (κ1) is 17.6. The summed E-state index contributed by atoms with van der Waals surface area (Å²) >= 11 is 0. The van der Waals surface area contributed by atoms with Crippen molar-refractivity contribution in [1.29, 1.82) is 0 Å². The van der Waals surface area contributed by atoms with Crippen LogP contribution in [0.2, 0.25) is 0 Å². The van der Waals surface area contributed by atoms with Crippen LogP contribution in [0.4, 0.5) is 5.69 Å². The predicted octanol–water partition coefficient (Wildman–Crippen LogP) is 0.897. The first-order chi connectivity index (χ1) is 11.3. The lowest BCUT2D eigenvalue weighted by Crippen LogP contribution is -2.35. The highest BCUT2D eigenvalue weighted by molar-refractivity contribution is 7.89. The zero-order valence-electron chi connectivity index (χ0n) is 12.9. The maximum atomic E-state index is 11.9. The summed E-state index contributed by atoms with van der Waals surface area (Å²) in [7, 11) is -3.75. The van der Waals surface area contributed by atoms with Gasteiger partial charge in [-0.3, -0.25) is 9.59 Å². The Balaban J connectivity index is 1.93. The molecule has 0 radical (unpaired) electrons. The molecule has 0 aliphatic carbocycles. The van der Waals surface area contributed by atoms with Gasteiger partial charge >= 0.3 is 11.8 Å². The number of hydrogen-bond acceptors (Lipinski definition) is 4. The second-order valence-electron chi connectivity index (χ2n) is 5.14. The SMILES string of the molecule is Cc1ccccc1NC(=O)C(=O)NCc1ccc(S(N)(=O)=O)cc1. The molecule has 4 N–H and O–H groups in total. The first-order valence-corrected chi connectivity index (χ1v) is 8.58. The average molecular weight is 347 g/mol. The Kier molecular flexibility index (Phi) is 5.32. The molecule has 2 amide bonds. The molecule has 0 heterocycles. The van der Waals surface area contributed by atoms with Gasteiger partial charge < -0.3 is 10.6 Å². The second-order valence-corrected chi connectivity index (χ2v) is 6.70. The van der Waals surface area contributed by atoms with E-state index < -0.39 is 21.8 Å². The van der Waals surface area contributed by atoms with E-state index in [4.69, 9.17) is 5.14 Å². The van der Waals surface area contributed by atoms with E-state index in [9.17, 15) is 18.0 Å². The molecule has 8 heteroatoms. The average Bonchev–Trinajstić information content (AvgIpc) is 2.54. The Bertz CT molecular complexity index is 861. The standard InChI is InChI=1S/C16H17N3O4S/c1-11-4-2-3-5-14(11)19-16(21)15(20)18-10-12-6-8-13(9-7-12)24(17,22)23/h2-9H,10H2,1H3,(H,18,20)(H,19,21)(H2,17,22,23). The maximum absolute atomic E-state index is 11.9. The van der Waals surface area contributed by atoms with Crippen LogP contribution in [0, 0.1) is 6.92 Å². The molecule has 0 spiro atoms. The lowest BCUT2D eigenvalue weighted by Gasteiger charge is -2.09. The number of sulfonamides is 1. The number of amides is 2. The molecular weight excluding hydrogens is 330 g/mol. The third-order valence-electron chi connectivity index (χ3n) is 3.30. The number of carbonyl (C=O) groups is 2. The number of nitrogens with one attached hydrogen (secondary N) is 2.